The van der Waals surface area contributed by atoms with Gasteiger partial charge in [-0.25, -0.2) is 9.48 Å². The van der Waals surface area contributed by atoms with E-state index in [2.05, 4.69) is 40.1 Å². The van der Waals surface area contributed by atoms with E-state index in [4.69, 9.17) is 0 Å². The van der Waals surface area contributed by atoms with Crippen LogP contribution in [0.4, 0.5) is 4.79 Å². The fourth-order valence-electron chi connectivity index (χ4n) is 1.36. The highest BCUT2D eigenvalue weighted by Crippen LogP contribution is 1.94. The molecule has 1 rings (SSSR count). The maximum absolute atomic E-state index is 11.4. The molecule has 3 N–H and O–H groups in total. The van der Waals surface area contributed by atoms with E-state index in [-0.39, 0.29) is 6.54 Å². The number of carbonyl (C=O) groups is 2. The molecule has 0 aliphatic rings. The molecule has 0 fully saturated rings. The SMILES string of the molecule is CNC(=O)NC(=O)Cn1cc(CNCC(C)C)nn1. The van der Waals surface area contributed by atoms with Gasteiger partial charge in [-0.15, -0.1) is 5.10 Å². The van der Waals surface area contributed by atoms with Crippen LogP contribution < -0.4 is 16.0 Å². The van der Waals surface area contributed by atoms with Crippen LogP contribution in [0.1, 0.15) is 19.5 Å². The van der Waals surface area contributed by atoms with Crippen LogP contribution in [0.2, 0.25) is 0 Å². The first-order valence-electron chi connectivity index (χ1n) is 6.12. The summed E-state index contributed by atoms with van der Waals surface area (Å²) in [6, 6.07) is -0.538. The summed E-state index contributed by atoms with van der Waals surface area (Å²) in [6.07, 6.45) is 1.68. The molecule has 0 radical (unpaired) electrons. The molecule has 0 unspecified atom stereocenters. The third kappa shape index (κ3) is 5.96. The molecular formula is C11H20N6O2. The number of hydrogen-bond donors (Lipinski definition) is 3. The number of aromatic nitrogens is 3. The standard InChI is InChI=1S/C11H20N6O2/c1-8(2)4-13-5-9-6-17(16-15-9)7-10(18)14-11(19)12-3/h6,8,13H,4-5,7H2,1-3H3,(H2,12,14,18,19). The van der Waals surface area contributed by atoms with Gasteiger partial charge in [0, 0.05) is 13.6 Å². The zero-order valence-electron chi connectivity index (χ0n) is 11.4. The Morgan fingerprint density at radius 1 is 1.42 bits per heavy atom. The van der Waals surface area contributed by atoms with Gasteiger partial charge in [-0.2, -0.15) is 0 Å². The second-order valence-electron chi connectivity index (χ2n) is 4.56. The Hall–Kier alpha value is -1.96. The van der Waals surface area contributed by atoms with E-state index >= 15 is 0 Å². The fraction of sp³-hybridized carbons (Fsp3) is 0.636. The van der Waals surface area contributed by atoms with E-state index in [0.717, 1.165) is 12.2 Å². The lowest BCUT2D eigenvalue weighted by Gasteiger charge is -2.04. The third-order valence-corrected chi connectivity index (χ3v) is 2.23. The molecule has 3 amide bonds. The van der Waals surface area contributed by atoms with E-state index < -0.39 is 11.9 Å². The van der Waals surface area contributed by atoms with Gasteiger partial charge in [-0.3, -0.25) is 10.1 Å². The largest absolute Gasteiger partial charge is 0.341 e. The zero-order valence-corrected chi connectivity index (χ0v) is 11.4. The maximum Gasteiger partial charge on any atom is 0.321 e. The summed E-state index contributed by atoms with van der Waals surface area (Å²) in [7, 11) is 1.44. The van der Waals surface area contributed by atoms with E-state index in [9.17, 15) is 9.59 Å². The minimum absolute atomic E-state index is 0.0371. The Labute approximate surface area is 111 Å². The maximum atomic E-state index is 11.4. The summed E-state index contributed by atoms with van der Waals surface area (Å²) in [5, 5.41) is 15.4. The molecule has 1 heterocycles. The first-order chi connectivity index (χ1) is 9.01. The molecule has 0 saturated carbocycles. The van der Waals surface area contributed by atoms with Crippen molar-refractivity contribution in [1.29, 1.82) is 0 Å². The highest BCUT2D eigenvalue weighted by Gasteiger charge is 2.08. The van der Waals surface area contributed by atoms with Gasteiger partial charge in [0.05, 0.1) is 11.9 Å². The molecule has 0 spiro atoms. The van der Waals surface area contributed by atoms with Crippen molar-refractivity contribution in [2.45, 2.75) is 26.9 Å². The van der Waals surface area contributed by atoms with Crippen molar-refractivity contribution in [3.8, 4) is 0 Å². The lowest BCUT2D eigenvalue weighted by molar-refractivity contribution is -0.120. The molecule has 1 aromatic heterocycles. The Morgan fingerprint density at radius 3 is 2.79 bits per heavy atom. The van der Waals surface area contributed by atoms with Crippen molar-refractivity contribution in [1.82, 2.24) is 30.9 Å². The number of nitrogens with one attached hydrogen (secondary N) is 3. The van der Waals surface area contributed by atoms with Crippen LogP contribution in [0.3, 0.4) is 0 Å². The lowest BCUT2D eigenvalue weighted by atomic mass is 10.2. The third-order valence-electron chi connectivity index (χ3n) is 2.23. The highest BCUT2D eigenvalue weighted by molar-refractivity contribution is 5.93. The highest BCUT2D eigenvalue weighted by atomic mass is 16.2. The van der Waals surface area contributed by atoms with E-state index in [1.54, 1.807) is 6.20 Å². The molecule has 0 aromatic carbocycles. The summed E-state index contributed by atoms with van der Waals surface area (Å²) >= 11 is 0. The molecule has 0 bridgehead atoms. The molecule has 0 aliphatic carbocycles. The van der Waals surface area contributed by atoms with Crippen molar-refractivity contribution in [2.24, 2.45) is 5.92 Å². The van der Waals surface area contributed by atoms with Crippen molar-refractivity contribution in [2.75, 3.05) is 13.6 Å². The molecule has 106 valence electrons. The van der Waals surface area contributed by atoms with Crippen LogP contribution in [0.5, 0.6) is 0 Å². The molecule has 1 aromatic rings. The van der Waals surface area contributed by atoms with Crippen LogP contribution in [0.15, 0.2) is 6.20 Å². The van der Waals surface area contributed by atoms with Crippen molar-refractivity contribution in [3.63, 3.8) is 0 Å². The summed E-state index contributed by atoms with van der Waals surface area (Å²) in [5.41, 5.74) is 0.758. The Balaban J connectivity index is 2.37. The predicted molar refractivity (Wildman–Crippen MR) is 69.2 cm³/mol. The van der Waals surface area contributed by atoms with E-state index in [0.29, 0.717) is 12.5 Å². The number of nitrogens with zero attached hydrogens (tertiary/aromatic N) is 3. The van der Waals surface area contributed by atoms with Crippen LogP contribution in [0, 0.1) is 5.92 Å². The number of carbonyl (C=O) groups excluding carboxylic acids is 2. The summed E-state index contributed by atoms with van der Waals surface area (Å²) in [5.74, 6) is 0.124. The van der Waals surface area contributed by atoms with Crippen molar-refractivity contribution in [3.05, 3.63) is 11.9 Å². The summed E-state index contributed by atoms with van der Waals surface area (Å²) in [6.45, 7) is 5.70. The summed E-state index contributed by atoms with van der Waals surface area (Å²) < 4.78 is 1.39. The van der Waals surface area contributed by atoms with Crippen LogP contribution in [-0.2, 0) is 17.9 Å². The van der Waals surface area contributed by atoms with Crippen molar-refractivity contribution < 1.29 is 9.59 Å². The van der Waals surface area contributed by atoms with E-state index in [1.165, 1.54) is 11.7 Å². The van der Waals surface area contributed by atoms with Gasteiger partial charge in [0.25, 0.3) is 0 Å². The summed E-state index contributed by atoms with van der Waals surface area (Å²) in [4.78, 5) is 22.3. The number of hydrogen-bond acceptors (Lipinski definition) is 5. The lowest BCUT2D eigenvalue weighted by Crippen LogP contribution is -2.39. The second-order valence-corrected chi connectivity index (χ2v) is 4.56. The van der Waals surface area contributed by atoms with E-state index in [1.807, 2.05) is 0 Å². The second kappa shape index (κ2) is 7.47. The smallest absolute Gasteiger partial charge is 0.321 e. The monoisotopic (exact) mass is 268 g/mol. The first-order valence-corrected chi connectivity index (χ1v) is 6.12. The molecule has 8 nitrogen and oxygen atoms in total. The quantitative estimate of drug-likeness (QED) is 0.644. The predicted octanol–water partition coefficient (Wildman–Crippen LogP) is -0.521. The molecule has 19 heavy (non-hydrogen) atoms. The van der Waals surface area contributed by atoms with Gasteiger partial charge in [-0.1, -0.05) is 19.1 Å². The average molecular weight is 268 g/mol. The number of amides is 3. The fourth-order valence-corrected chi connectivity index (χ4v) is 1.36. The molecule has 0 atom stereocenters. The van der Waals surface area contributed by atoms with Gasteiger partial charge >= 0.3 is 6.03 Å². The average Bonchev–Trinajstić information content (AvgIpc) is 2.75. The Morgan fingerprint density at radius 2 is 2.16 bits per heavy atom. The van der Waals surface area contributed by atoms with Gasteiger partial charge in [0.15, 0.2) is 0 Å². The topological polar surface area (TPSA) is 101 Å². The van der Waals surface area contributed by atoms with Gasteiger partial charge in [-0.05, 0) is 12.5 Å². The Bertz CT molecular complexity index is 429. The van der Waals surface area contributed by atoms with Gasteiger partial charge in [0.2, 0.25) is 5.91 Å². The van der Waals surface area contributed by atoms with Gasteiger partial charge in [0.1, 0.15) is 6.54 Å². The molecule has 0 aliphatic heterocycles. The molecule has 0 saturated heterocycles. The first kappa shape index (κ1) is 15.1. The van der Waals surface area contributed by atoms with Crippen LogP contribution >= 0.6 is 0 Å². The van der Waals surface area contributed by atoms with Crippen LogP contribution in [-0.4, -0.2) is 40.5 Å². The minimum atomic E-state index is -0.538. The normalized spacial score (nSPS) is 10.5. The zero-order chi connectivity index (χ0) is 14.3. The van der Waals surface area contributed by atoms with Crippen LogP contribution in [0.25, 0.3) is 0 Å². The van der Waals surface area contributed by atoms with Gasteiger partial charge < -0.3 is 10.6 Å². The number of urea groups is 1. The Kier molecular flexibility index (Phi) is 5.94. The minimum Gasteiger partial charge on any atom is -0.341 e. The number of rotatable bonds is 6. The molecular weight excluding hydrogens is 248 g/mol. The number of imide groups is 1. The van der Waals surface area contributed by atoms with Crippen molar-refractivity contribution >= 4 is 11.9 Å². The molecule has 8 heteroatoms.